The van der Waals surface area contributed by atoms with Gasteiger partial charge in [0.2, 0.25) is 0 Å². The van der Waals surface area contributed by atoms with Crippen molar-refractivity contribution in [1.82, 2.24) is 5.32 Å². The predicted octanol–water partition coefficient (Wildman–Crippen LogP) is 2.97. The first kappa shape index (κ1) is 17.9. The van der Waals surface area contributed by atoms with Crippen LogP contribution in [0.15, 0.2) is 18.2 Å². The Bertz CT molecular complexity index is 428. The molecule has 0 saturated carbocycles. The summed E-state index contributed by atoms with van der Waals surface area (Å²) < 4.78 is 0. The van der Waals surface area contributed by atoms with Gasteiger partial charge in [0, 0.05) is 17.6 Å². The maximum atomic E-state index is 12.1. The maximum absolute atomic E-state index is 12.1. The number of amides is 1. The fraction of sp³-hybridized carbons (Fsp3) is 0.533. The van der Waals surface area contributed by atoms with Crippen molar-refractivity contribution >= 4 is 18.3 Å². The molecule has 1 aromatic rings. The van der Waals surface area contributed by atoms with Crippen LogP contribution >= 0.6 is 12.4 Å². The smallest absolute Gasteiger partial charge is 0.251 e. The van der Waals surface area contributed by atoms with Crippen molar-refractivity contribution in [3.63, 3.8) is 0 Å². The summed E-state index contributed by atoms with van der Waals surface area (Å²) in [6.45, 7) is 8.59. The zero-order valence-corrected chi connectivity index (χ0v) is 13.1. The fourth-order valence-corrected chi connectivity index (χ4v) is 1.92. The Morgan fingerprint density at radius 2 is 1.84 bits per heavy atom. The number of nitrogens with two attached hydrogens (primary N) is 1. The Morgan fingerprint density at radius 1 is 1.26 bits per heavy atom. The molecule has 1 amide bonds. The minimum Gasteiger partial charge on any atom is -0.350 e. The highest BCUT2D eigenvalue weighted by Gasteiger charge is 2.21. The summed E-state index contributed by atoms with van der Waals surface area (Å²) in [5, 5.41) is 2.94. The summed E-state index contributed by atoms with van der Waals surface area (Å²) in [6.07, 6.45) is 1.72. The van der Waals surface area contributed by atoms with Crippen LogP contribution in [0.25, 0.3) is 0 Å². The molecule has 108 valence electrons. The standard InChI is InChI=1S/C15H24N2O.ClH/c1-5-15(16,6-2)10-17-14(18)13-8-7-11(3)9-12(13)4;/h7-9H,5-6,10,16H2,1-4H3,(H,17,18);1H. The number of hydrogen-bond donors (Lipinski definition) is 2. The molecular weight excluding hydrogens is 260 g/mol. The molecule has 0 atom stereocenters. The number of carbonyl (C=O) groups is 1. The van der Waals surface area contributed by atoms with Crippen LogP contribution in [-0.4, -0.2) is 18.0 Å². The summed E-state index contributed by atoms with van der Waals surface area (Å²) >= 11 is 0. The molecule has 3 nitrogen and oxygen atoms in total. The molecule has 0 heterocycles. The highest BCUT2D eigenvalue weighted by atomic mass is 35.5. The summed E-state index contributed by atoms with van der Waals surface area (Å²) in [7, 11) is 0. The number of hydrogen-bond acceptors (Lipinski definition) is 2. The monoisotopic (exact) mass is 284 g/mol. The van der Waals surface area contributed by atoms with E-state index in [1.54, 1.807) is 0 Å². The molecule has 0 radical (unpaired) electrons. The molecular formula is C15H25ClN2O. The van der Waals surface area contributed by atoms with E-state index in [0.717, 1.165) is 24.0 Å². The van der Waals surface area contributed by atoms with Crippen LogP contribution in [0.4, 0.5) is 0 Å². The second kappa shape index (κ2) is 7.51. The van der Waals surface area contributed by atoms with E-state index < -0.39 is 0 Å². The van der Waals surface area contributed by atoms with Crippen molar-refractivity contribution in [3.8, 4) is 0 Å². The number of carbonyl (C=O) groups excluding carboxylic acids is 1. The normalized spacial score (nSPS) is 10.8. The highest BCUT2D eigenvalue weighted by molar-refractivity contribution is 5.95. The van der Waals surface area contributed by atoms with E-state index in [-0.39, 0.29) is 23.9 Å². The van der Waals surface area contributed by atoms with Gasteiger partial charge in [0.15, 0.2) is 0 Å². The van der Waals surface area contributed by atoms with Gasteiger partial charge in [-0.05, 0) is 38.3 Å². The lowest BCUT2D eigenvalue weighted by molar-refractivity contribution is 0.0941. The van der Waals surface area contributed by atoms with Crippen molar-refractivity contribution in [2.45, 2.75) is 46.1 Å². The Balaban J connectivity index is 0.00000324. The quantitative estimate of drug-likeness (QED) is 0.873. The Morgan fingerprint density at radius 3 is 2.32 bits per heavy atom. The molecule has 0 unspecified atom stereocenters. The third-order valence-corrected chi connectivity index (χ3v) is 3.64. The first-order chi connectivity index (χ1) is 8.41. The van der Waals surface area contributed by atoms with Crippen LogP contribution in [0.1, 0.15) is 48.2 Å². The lowest BCUT2D eigenvalue weighted by atomic mass is 9.94. The molecule has 3 N–H and O–H groups in total. The zero-order valence-electron chi connectivity index (χ0n) is 12.2. The van der Waals surface area contributed by atoms with Gasteiger partial charge in [-0.15, -0.1) is 12.4 Å². The molecule has 0 aliphatic heterocycles. The summed E-state index contributed by atoms with van der Waals surface area (Å²) in [6, 6.07) is 5.84. The van der Waals surface area contributed by atoms with Gasteiger partial charge in [-0.2, -0.15) is 0 Å². The van der Waals surface area contributed by atoms with Crippen LogP contribution in [0.5, 0.6) is 0 Å². The van der Waals surface area contributed by atoms with Crippen molar-refractivity contribution in [2.75, 3.05) is 6.54 Å². The van der Waals surface area contributed by atoms with Gasteiger partial charge in [-0.25, -0.2) is 0 Å². The zero-order chi connectivity index (χ0) is 13.8. The van der Waals surface area contributed by atoms with Crippen LogP contribution in [-0.2, 0) is 0 Å². The van der Waals surface area contributed by atoms with Crippen molar-refractivity contribution < 1.29 is 4.79 Å². The molecule has 0 spiro atoms. The lowest BCUT2D eigenvalue weighted by Gasteiger charge is -2.27. The van der Waals surface area contributed by atoms with E-state index >= 15 is 0 Å². The van der Waals surface area contributed by atoms with Crippen LogP contribution < -0.4 is 11.1 Å². The third kappa shape index (κ3) is 4.84. The minimum atomic E-state index is -0.297. The second-order valence-electron chi connectivity index (χ2n) is 5.07. The van der Waals surface area contributed by atoms with Crippen LogP contribution in [0.2, 0.25) is 0 Å². The van der Waals surface area contributed by atoms with Gasteiger partial charge in [-0.1, -0.05) is 31.5 Å². The van der Waals surface area contributed by atoms with Crippen LogP contribution in [0, 0.1) is 13.8 Å². The van der Waals surface area contributed by atoms with E-state index in [2.05, 4.69) is 5.32 Å². The predicted molar refractivity (Wildman–Crippen MR) is 83.0 cm³/mol. The third-order valence-electron chi connectivity index (χ3n) is 3.64. The van der Waals surface area contributed by atoms with Crippen LogP contribution in [0.3, 0.4) is 0 Å². The topological polar surface area (TPSA) is 55.1 Å². The van der Waals surface area contributed by atoms with Crippen molar-refractivity contribution in [2.24, 2.45) is 5.73 Å². The summed E-state index contributed by atoms with van der Waals surface area (Å²) in [5.41, 5.74) is 8.77. The molecule has 0 fully saturated rings. The van der Waals surface area contributed by atoms with Gasteiger partial charge < -0.3 is 11.1 Å². The SMILES string of the molecule is CCC(N)(CC)CNC(=O)c1ccc(C)cc1C.Cl. The first-order valence-electron chi connectivity index (χ1n) is 6.56. The Labute approximate surface area is 122 Å². The largest absolute Gasteiger partial charge is 0.350 e. The highest BCUT2D eigenvalue weighted by Crippen LogP contribution is 2.12. The van der Waals surface area contributed by atoms with Gasteiger partial charge in [0.05, 0.1) is 0 Å². The summed E-state index contributed by atoms with van der Waals surface area (Å²) in [4.78, 5) is 12.1. The van der Waals surface area contributed by atoms with E-state index in [4.69, 9.17) is 5.73 Å². The summed E-state index contributed by atoms with van der Waals surface area (Å²) in [5.74, 6) is -0.0378. The van der Waals surface area contributed by atoms with Crippen molar-refractivity contribution in [1.29, 1.82) is 0 Å². The van der Waals surface area contributed by atoms with Gasteiger partial charge >= 0.3 is 0 Å². The van der Waals surface area contributed by atoms with Gasteiger partial charge in [0.1, 0.15) is 0 Å². The molecule has 19 heavy (non-hydrogen) atoms. The molecule has 4 heteroatoms. The first-order valence-corrected chi connectivity index (χ1v) is 6.56. The molecule has 0 bridgehead atoms. The minimum absolute atomic E-state index is 0. The second-order valence-corrected chi connectivity index (χ2v) is 5.07. The average Bonchev–Trinajstić information content (AvgIpc) is 2.35. The van der Waals surface area contributed by atoms with E-state index in [9.17, 15) is 4.79 Å². The molecule has 1 aromatic carbocycles. The molecule has 0 saturated heterocycles. The maximum Gasteiger partial charge on any atom is 0.251 e. The van der Waals surface area contributed by atoms with E-state index in [0.29, 0.717) is 6.54 Å². The van der Waals surface area contributed by atoms with Gasteiger partial charge in [-0.3, -0.25) is 4.79 Å². The van der Waals surface area contributed by atoms with Gasteiger partial charge in [0.25, 0.3) is 5.91 Å². The Kier molecular flexibility index (Phi) is 7.09. The van der Waals surface area contributed by atoms with Crippen molar-refractivity contribution in [3.05, 3.63) is 34.9 Å². The number of aryl methyl sites for hydroxylation is 2. The average molecular weight is 285 g/mol. The van der Waals surface area contributed by atoms with E-state index in [1.165, 1.54) is 5.56 Å². The molecule has 1 rings (SSSR count). The van der Waals surface area contributed by atoms with E-state index in [1.807, 2.05) is 45.9 Å². The lowest BCUT2D eigenvalue weighted by Crippen LogP contribution is -2.49. The number of benzene rings is 1. The molecule has 0 aliphatic rings. The number of halogens is 1. The molecule has 0 aliphatic carbocycles. The molecule has 0 aromatic heterocycles. The number of rotatable bonds is 5. The Hall–Kier alpha value is -1.06. The fourth-order valence-electron chi connectivity index (χ4n) is 1.92. The number of nitrogens with one attached hydrogen (secondary N) is 1.